The SMILES string of the molecule is COCc1cccc(C2(c3ccc(OC(C)F)c(C)c3)N=C(N)N(C)C2=O)c1. The molecule has 0 spiro atoms. The predicted molar refractivity (Wildman–Crippen MR) is 105 cm³/mol. The quantitative estimate of drug-likeness (QED) is 0.830. The zero-order valence-corrected chi connectivity index (χ0v) is 16.4. The fourth-order valence-corrected chi connectivity index (χ4v) is 3.42. The van der Waals surface area contributed by atoms with Crippen LogP contribution in [0.15, 0.2) is 47.5 Å². The molecule has 0 aliphatic carbocycles. The molecule has 28 heavy (non-hydrogen) atoms. The summed E-state index contributed by atoms with van der Waals surface area (Å²) in [6, 6.07) is 12.7. The number of likely N-dealkylation sites (N-methyl/N-ethyl adjacent to an activating group) is 1. The average molecular weight is 385 g/mol. The van der Waals surface area contributed by atoms with Gasteiger partial charge in [0.2, 0.25) is 6.36 Å². The predicted octanol–water partition coefficient (Wildman–Crippen LogP) is 2.87. The van der Waals surface area contributed by atoms with Gasteiger partial charge < -0.3 is 15.2 Å². The Hall–Kier alpha value is -2.93. The maximum absolute atomic E-state index is 13.3. The van der Waals surface area contributed by atoms with E-state index in [0.29, 0.717) is 29.0 Å². The first-order chi connectivity index (χ1) is 13.3. The van der Waals surface area contributed by atoms with Crippen molar-refractivity contribution in [1.29, 1.82) is 0 Å². The third kappa shape index (κ3) is 3.33. The normalized spacial score (nSPS) is 20.2. The van der Waals surface area contributed by atoms with E-state index in [4.69, 9.17) is 15.2 Å². The summed E-state index contributed by atoms with van der Waals surface area (Å²) < 4.78 is 23.7. The van der Waals surface area contributed by atoms with Crippen molar-refractivity contribution in [2.75, 3.05) is 14.2 Å². The molecule has 6 nitrogen and oxygen atoms in total. The van der Waals surface area contributed by atoms with Gasteiger partial charge >= 0.3 is 0 Å². The molecule has 2 unspecified atom stereocenters. The Kier molecular flexibility index (Phi) is 5.38. The van der Waals surface area contributed by atoms with Crippen LogP contribution in [0.5, 0.6) is 5.75 Å². The summed E-state index contributed by atoms with van der Waals surface area (Å²) in [6.45, 7) is 3.52. The van der Waals surface area contributed by atoms with Crippen molar-refractivity contribution in [3.8, 4) is 5.75 Å². The summed E-state index contributed by atoms with van der Waals surface area (Å²) in [5, 5.41) is 0. The molecule has 2 aromatic rings. The smallest absolute Gasteiger partial charge is 0.266 e. The molecule has 0 saturated heterocycles. The zero-order valence-electron chi connectivity index (χ0n) is 16.4. The van der Waals surface area contributed by atoms with E-state index in [9.17, 15) is 9.18 Å². The van der Waals surface area contributed by atoms with Gasteiger partial charge in [0.15, 0.2) is 11.5 Å². The van der Waals surface area contributed by atoms with Gasteiger partial charge in [-0.3, -0.25) is 9.69 Å². The van der Waals surface area contributed by atoms with E-state index in [1.807, 2.05) is 24.3 Å². The van der Waals surface area contributed by atoms with Crippen LogP contribution in [0.2, 0.25) is 0 Å². The van der Waals surface area contributed by atoms with Crippen LogP contribution in [0, 0.1) is 6.92 Å². The molecule has 0 saturated carbocycles. The Labute approximate surface area is 163 Å². The Morgan fingerprint density at radius 1 is 1.25 bits per heavy atom. The largest absolute Gasteiger partial charge is 0.460 e. The van der Waals surface area contributed by atoms with Crippen molar-refractivity contribution >= 4 is 11.9 Å². The van der Waals surface area contributed by atoms with Crippen molar-refractivity contribution < 1.29 is 18.7 Å². The fourth-order valence-electron chi connectivity index (χ4n) is 3.42. The monoisotopic (exact) mass is 385 g/mol. The van der Waals surface area contributed by atoms with Crippen LogP contribution in [0.3, 0.4) is 0 Å². The minimum atomic E-state index is -1.43. The Morgan fingerprint density at radius 2 is 1.96 bits per heavy atom. The van der Waals surface area contributed by atoms with Gasteiger partial charge in [-0.1, -0.05) is 30.3 Å². The maximum atomic E-state index is 13.3. The number of aliphatic imine (C=N–C) groups is 1. The zero-order chi connectivity index (χ0) is 20.5. The highest BCUT2D eigenvalue weighted by Gasteiger charge is 2.49. The van der Waals surface area contributed by atoms with Crippen LogP contribution in [-0.4, -0.2) is 37.3 Å². The highest BCUT2D eigenvalue weighted by atomic mass is 19.1. The van der Waals surface area contributed by atoms with E-state index < -0.39 is 11.9 Å². The molecule has 0 bridgehead atoms. The lowest BCUT2D eigenvalue weighted by Crippen LogP contribution is -2.41. The molecule has 0 aromatic heterocycles. The van der Waals surface area contributed by atoms with Crippen LogP contribution >= 0.6 is 0 Å². The first kappa shape index (κ1) is 19.8. The van der Waals surface area contributed by atoms with E-state index >= 15 is 0 Å². The highest BCUT2D eigenvalue weighted by molar-refractivity contribution is 6.08. The molecular weight excluding hydrogens is 361 g/mol. The van der Waals surface area contributed by atoms with Gasteiger partial charge in [0.1, 0.15) is 5.75 Å². The summed E-state index contributed by atoms with van der Waals surface area (Å²) in [5.41, 5.74) is 7.63. The first-order valence-corrected chi connectivity index (χ1v) is 8.93. The van der Waals surface area contributed by atoms with Gasteiger partial charge in [-0.25, -0.2) is 9.38 Å². The van der Waals surface area contributed by atoms with Crippen molar-refractivity contribution in [1.82, 2.24) is 4.90 Å². The van der Waals surface area contributed by atoms with Gasteiger partial charge in [-0.15, -0.1) is 0 Å². The first-order valence-electron chi connectivity index (χ1n) is 8.93. The van der Waals surface area contributed by atoms with Gasteiger partial charge in [0, 0.05) is 21.1 Å². The molecule has 7 heteroatoms. The number of aryl methyl sites for hydroxylation is 1. The number of hydrogen-bond donors (Lipinski definition) is 1. The molecule has 1 aliphatic rings. The minimum Gasteiger partial charge on any atom is -0.460 e. The van der Waals surface area contributed by atoms with E-state index in [0.717, 1.165) is 5.56 Å². The van der Waals surface area contributed by atoms with E-state index in [2.05, 4.69) is 4.99 Å². The second-order valence-electron chi connectivity index (χ2n) is 6.82. The molecule has 148 valence electrons. The van der Waals surface area contributed by atoms with Crippen molar-refractivity contribution in [2.45, 2.75) is 32.4 Å². The number of amides is 1. The van der Waals surface area contributed by atoms with E-state index in [1.54, 1.807) is 39.3 Å². The van der Waals surface area contributed by atoms with Crippen LogP contribution < -0.4 is 10.5 Å². The Bertz CT molecular complexity index is 929. The van der Waals surface area contributed by atoms with Crippen LogP contribution in [0.25, 0.3) is 0 Å². The Morgan fingerprint density at radius 3 is 2.54 bits per heavy atom. The lowest BCUT2D eigenvalue weighted by molar-refractivity contribution is -0.129. The summed E-state index contributed by atoms with van der Waals surface area (Å²) in [4.78, 5) is 19.2. The van der Waals surface area contributed by atoms with Crippen molar-refractivity contribution in [3.05, 3.63) is 64.7 Å². The molecule has 3 rings (SSSR count). The Balaban J connectivity index is 2.18. The van der Waals surface area contributed by atoms with Crippen LogP contribution in [0.4, 0.5) is 4.39 Å². The number of nitrogens with zero attached hydrogens (tertiary/aromatic N) is 2. The summed E-state index contributed by atoms with van der Waals surface area (Å²) in [6.07, 6.45) is -1.43. The highest BCUT2D eigenvalue weighted by Crippen LogP contribution is 2.41. The summed E-state index contributed by atoms with van der Waals surface area (Å²) in [7, 11) is 3.21. The molecule has 2 aromatic carbocycles. The molecule has 1 aliphatic heterocycles. The number of alkyl halides is 1. The number of nitrogens with two attached hydrogens (primary N) is 1. The number of rotatable bonds is 6. The summed E-state index contributed by atoms with van der Waals surface area (Å²) in [5.74, 6) is 0.293. The number of methoxy groups -OCH3 is 1. The van der Waals surface area contributed by atoms with Crippen LogP contribution in [-0.2, 0) is 21.7 Å². The number of carbonyl (C=O) groups is 1. The minimum absolute atomic E-state index is 0.137. The van der Waals surface area contributed by atoms with E-state index in [1.165, 1.54) is 11.8 Å². The summed E-state index contributed by atoms with van der Waals surface area (Å²) >= 11 is 0. The lowest BCUT2D eigenvalue weighted by atomic mass is 9.81. The average Bonchev–Trinajstić information content (AvgIpc) is 2.88. The van der Waals surface area contributed by atoms with Gasteiger partial charge in [-0.05, 0) is 41.3 Å². The van der Waals surface area contributed by atoms with Crippen molar-refractivity contribution in [3.63, 3.8) is 0 Å². The standard InChI is InChI=1S/C21H24FN3O3/c1-13-10-17(8-9-18(13)28-14(2)22)21(19(26)25(3)20(23)24-21)16-7-5-6-15(11-16)12-27-4/h5-11,14H,12H2,1-4H3,(H2,23,24). The van der Waals surface area contributed by atoms with Gasteiger partial charge in [0.05, 0.1) is 6.61 Å². The molecular formula is C21H24FN3O3. The number of carbonyl (C=O) groups excluding carboxylic acids is 1. The maximum Gasteiger partial charge on any atom is 0.266 e. The van der Waals surface area contributed by atoms with Gasteiger partial charge in [0.25, 0.3) is 5.91 Å². The molecule has 2 atom stereocenters. The second-order valence-corrected chi connectivity index (χ2v) is 6.82. The third-order valence-corrected chi connectivity index (χ3v) is 4.78. The molecule has 2 N–H and O–H groups in total. The molecule has 1 amide bonds. The number of halogens is 1. The fraction of sp³-hybridized carbons (Fsp3) is 0.333. The van der Waals surface area contributed by atoms with Crippen molar-refractivity contribution in [2.24, 2.45) is 10.7 Å². The van der Waals surface area contributed by atoms with E-state index in [-0.39, 0.29) is 11.9 Å². The molecule has 0 fully saturated rings. The van der Waals surface area contributed by atoms with Gasteiger partial charge in [-0.2, -0.15) is 0 Å². The third-order valence-electron chi connectivity index (χ3n) is 4.78. The number of ether oxygens (including phenoxy) is 2. The number of hydrogen-bond acceptors (Lipinski definition) is 5. The second kappa shape index (κ2) is 7.59. The topological polar surface area (TPSA) is 77.2 Å². The lowest BCUT2D eigenvalue weighted by Gasteiger charge is -2.27. The molecule has 0 radical (unpaired) electrons. The number of benzene rings is 2. The molecule has 1 heterocycles. The van der Waals surface area contributed by atoms with Crippen LogP contribution in [0.1, 0.15) is 29.2 Å². The number of guanidine groups is 1.